The van der Waals surface area contributed by atoms with Crippen LogP contribution in [0.15, 0.2) is 35.2 Å². The van der Waals surface area contributed by atoms with Crippen molar-refractivity contribution in [2.45, 2.75) is 4.90 Å². The Morgan fingerprint density at radius 2 is 1.93 bits per heavy atom. The van der Waals surface area contributed by atoms with Gasteiger partial charge in [0.15, 0.2) is 0 Å². The van der Waals surface area contributed by atoms with Gasteiger partial charge in [-0.3, -0.25) is 4.55 Å². The molecular weight excluding hydrogens is 204 g/mol. The highest BCUT2D eigenvalue weighted by Crippen LogP contribution is 2.16. The van der Waals surface area contributed by atoms with Crippen molar-refractivity contribution in [2.75, 3.05) is 6.61 Å². The molecule has 1 aromatic rings. The fourth-order valence-corrected chi connectivity index (χ4v) is 1.72. The van der Waals surface area contributed by atoms with Gasteiger partial charge in [0, 0.05) is 0 Å². The Balaban J connectivity index is 3.24. The van der Waals surface area contributed by atoms with Crippen LogP contribution in [0.25, 0.3) is 6.08 Å². The van der Waals surface area contributed by atoms with Crippen molar-refractivity contribution < 1.29 is 18.1 Å². The minimum atomic E-state index is -4.20. The molecule has 0 aliphatic rings. The van der Waals surface area contributed by atoms with Gasteiger partial charge < -0.3 is 5.11 Å². The molecule has 1 aromatic carbocycles. The molecule has 14 heavy (non-hydrogen) atoms. The Bertz CT molecular complexity index is 434. The molecule has 0 radical (unpaired) electrons. The zero-order chi connectivity index (χ0) is 10.6. The van der Waals surface area contributed by atoms with Crippen molar-refractivity contribution in [1.82, 2.24) is 0 Å². The first-order chi connectivity index (χ1) is 6.55. The largest absolute Gasteiger partial charge is 0.392 e. The van der Waals surface area contributed by atoms with E-state index in [0.717, 1.165) is 0 Å². The van der Waals surface area contributed by atoms with Gasteiger partial charge in [-0.25, -0.2) is 0 Å². The van der Waals surface area contributed by atoms with E-state index in [9.17, 15) is 8.42 Å². The maximum Gasteiger partial charge on any atom is 0.295 e. The van der Waals surface area contributed by atoms with Crippen molar-refractivity contribution in [3.05, 3.63) is 35.9 Å². The third-order valence-electron chi connectivity index (χ3n) is 1.60. The summed E-state index contributed by atoms with van der Waals surface area (Å²) in [5, 5.41) is 8.52. The maximum atomic E-state index is 10.9. The molecule has 76 valence electrons. The molecule has 2 N–H and O–H groups in total. The van der Waals surface area contributed by atoms with Crippen LogP contribution >= 0.6 is 0 Å². The molecule has 0 aromatic heterocycles. The Kier molecular flexibility index (Phi) is 3.40. The van der Waals surface area contributed by atoms with E-state index in [1.54, 1.807) is 6.07 Å². The standard InChI is InChI=1S/C9H10O4S/c10-7-3-5-8-4-1-2-6-9(8)14(11,12)13/h1-6,10H,7H2,(H,11,12,13). The molecule has 0 saturated carbocycles. The number of benzene rings is 1. The van der Waals surface area contributed by atoms with E-state index in [1.807, 2.05) is 0 Å². The second-order valence-corrected chi connectivity index (χ2v) is 3.99. The Labute approximate surface area is 82.3 Å². The predicted molar refractivity (Wildman–Crippen MR) is 52.4 cm³/mol. The third-order valence-corrected chi connectivity index (χ3v) is 2.53. The second kappa shape index (κ2) is 4.36. The monoisotopic (exact) mass is 214 g/mol. The number of hydrogen-bond donors (Lipinski definition) is 2. The van der Waals surface area contributed by atoms with Gasteiger partial charge in [-0.1, -0.05) is 30.4 Å². The molecule has 0 heterocycles. The first-order valence-corrected chi connectivity index (χ1v) is 5.33. The van der Waals surface area contributed by atoms with Crippen LogP contribution in [0, 0.1) is 0 Å². The quantitative estimate of drug-likeness (QED) is 0.734. The number of hydrogen-bond acceptors (Lipinski definition) is 3. The number of aliphatic hydroxyl groups excluding tert-OH is 1. The minimum Gasteiger partial charge on any atom is -0.392 e. The molecule has 0 amide bonds. The summed E-state index contributed by atoms with van der Waals surface area (Å²) in [6.07, 6.45) is 2.83. The highest BCUT2D eigenvalue weighted by atomic mass is 32.2. The van der Waals surface area contributed by atoms with Gasteiger partial charge in [-0.05, 0) is 11.6 Å². The lowest BCUT2D eigenvalue weighted by Crippen LogP contribution is -2.00. The van der Waals surface area contributed by atoms with Crippen molar-refractivity contribution >= 4 is 16.2 Å². The highest BCUT2D eigenvalue weighted by Gasteiger charge is 2.12. The SMILES string of the molecule is O=S(=O)(O)c1ccccc1C=CCO. The van der Waals surface area contributed by atoms with E-state index in [1.165, 1.54) is 30.4 Å². The summed E-state index contributed by atoms with van der Waals surface area (Å²) < 4.78 is 30.6. The summed E-state index contributed by atoms with van der Waals surface area (Å²) in [5.41, 5.74) is 0.351. The molecule has 0 fully saturated rings. The summed E-state index contributed by atoms with van der Waals surface area (Å²) in [4.78, 5) is -0.162. The van der Waals surface area contributed by atoms with Crippen LogP contribution in [-0.4, -0.2) is 24.7 Å². The molecule has 0 spiro atoms. The second-order valence-electron chi connectivity index (χ2n) is 2.60. The van der Waals surface area contributed by atoms with Crippen molar-refractivity contribution in [1.29, 1.82) is 0 Å². The van der Waals surface area contributed by atoms with E-state index in [0.29, 0.717) is 5.56 Å². The molecule has 4 nitrogen and oxygen atoms in total. The Morgan fingerprint density at radius 1 is 1.29 bits per heavy atom. The summed E-state index contributed by atoms with van der Waals surface area (Å²) in [6, 6.07) is 5.99. The van der Waals surface area contributed by atoms with Gasteiger partial charge in [-0.15, -0.1) is 0 Å². The first-order valence-electron chi connectivity index (χ1n) is 3.89. The average Bonchev–Trinajstić information content (AvgIpc) is 2.14. The van der Waals surface area contributed by atoms with Gasteiger partial charge in [-0.2, -0.15) is 8.42 Å². The van der Waals surface area contributed by atoms with Crippen LogP contribution in [0.2, 0.25) is 0 Å². The van der Waals surface area contributed by atoms with Crippen LogP contribution in [0.3, 0.4) is 0 Å². The van der Waals surface area contributed by atoms with E-state index in [2.05, 4.69) is 0 Å². The van der Waals surface area contributed by atoms with Crippen LogP contribution in [0.5, 0.6) is 0 Å². The Morgan fingerprint density at radius 3 is 2.50 bits per heavy atom. The topological polar surface area (TPSA) is 74.6 Å². The summed E-state index contributed by atoms with van der Waals surface area (Å²) >= 11 is 0. The van der Waals surface area contributed by atoms with E-state index in [-0.39, 0.29) is 11.5 Å². The lowest BCUT2D eigenvalue weighted by molar-refractivity contribution is 0.343. The third kappa shape index (κ3) is 2.66. The molecule has 0 saturated heterocycles. The first kappa shape index (κ1) is 10.9. The van der Waals surface area contributed by atoms with Crippen LogP contribution in [-0.2, 0) is 10.1 Å². The zero-order valence-electron chi connectivity index (χ0n) is 7.29. The highest BCUT2D eigenvalue weighted by molar-refractivity contribution is 7.85. The maximum absolute atomic E-state index is 10.9. The molecule has 5 heteroatoms. The van der Waals surface area contributed by atoms with Crippen LogP contribution in [0.1, 0.15) is 5.56 Å². The van der Waals surface area contributed by atoms with Crippen molar-refractivity contribution in [2.24, 2.45) is 0 Å². The minimum absolute atomic E-state index is 0.162. The smallest absolute Gasteiger partial charge is 0.295 e. The van der Waals surface area contributed by atoms with E-state index < -0.39 is 10.1 Å². The predicted octanol–water partition coefficient (Wildman–Crippen LogP) is 0.939. The van der Waals surface area contributed by atoms with Gasteiger partial charge in [0.2, 0.25) is 0 Å². The van der Waals surface area contributed by atoms with E-state index >= 15 is 0 Å². The van der Waals surface area contributed by atoms with Crippen LogP contribution in [0.4, 0.5) is 0 Å². The van der Waals surface area contributed by atoms with Gasteiger partial charge in [0.25, 0.3) is 10.1 Å². The van der Waals surface area contributed by atoms with E-state index in [4.69, 9.17) is 9.66 Å². The fourth-order valence-electron chi connectivity index (χ4n) is 1.03. The Hall–Kier alpha value is -1.17. The molecule has 0 aliphatic carbocycles. The summed E-state index contributed by atoms with van der Waals surface area (Å²) in [5.74, 6) is 0. The van der Waals surface area contributed by atoms with Gasteiger partial charge >= 0.3 is 0 Å². The summed E-state index contributed by atoms with van der Waals surface area (Å²) in [7, 11) is -4.20. The summed E-state index contributed by atoms with van der Waals surface area (Å²) in [6.45, 7) is -0.181. The average molecular weight is 214 g/mol. The van der Waals surface area contributed by atoms with Gasteiger partial charge in [0.1, 0.15) is 4.90 Å². The van der Waals surface area contributed by atoms with Crippen molar-refractivity contribution in [3.8, 4) is 0 Å². The molecule has 0 atom stereocenters. The molecule has 0 bridgehead atoms. The van der Waals surface area contributed by atoms with Gasteiger partial charge in [0.05, 0.1) is 6.61 Å². The number of aliphatic hydroxyl groups is 1. The lowest BCUT2D eigenvalue weighted by Gasteiger charge is -2.00. The lowest BCUT2D eigenvalue weighted by atomic mass is 10.2. The molecule has 0 aliphatic heterocycles. The van der Waals surface area contributed by atoms with Crippen LogP contribution < -0.4 is 0 Å². The normalized spacial score (nSPS) is 12.1. The zero-order valence-corrected chi connectivity index (χ0v) is 8.11. The van der Waals surface area contributed by atoms with Crippen molar-refractivity contribution in [3.63, 3.8) is 0 Å². The molecule has 1 rings (SSSR count). The fraction of sp³-hybridized carbons (Fsp3) is 0.111. The molecular formula is C9H10O4S. The number of rotatable bonds is 3. The molecule has 0 unspecified atom stereocenters.